The summed E-state index contributed by atoms with van der Waals surface area (Å²) in [5.74, 6) is 0.0478. The Labute approximate surface area is 167 Å². The fourth-order valence-electron chi connectivity index (χ4n) is 3.06. The molecule has 0 saturated carbocycles. The Morgan fingerprint density at radius 1 is 1.10 bits per heavy atom. The second-order valence-electron chi connectivity index (χ2n) is 6.68. The van der Waals surface area contributed by atoms with Crippen molar-refractivity contribution in [1.29, 1.82) is 0 Å². The molecule has 1 heterocycles. The van der Waals surface area contributed by atoms with Gasteiger partial charge in [-0.25, -0.2) is 4.79 Å². The van der Waals surface area contributed by atoms with E-state index in [9.17, 15) is 14.4 Å². The van der Waals surface area contributed by atoms with E-state index in [0.29, 0.717) is 28.4 Å². The Hall–Kier alpha value is -3.75. The molecule has 0 bridgehead atoms. The number of amides is 4. The number of nitrogens with zero attached hydrogens (tertiary/aromatic N) is 1. The van der Waals surface area contributed by atoms with Gasteiger partial charge in [-0.2, -0.15) is 0 Å². The summed E-state index contributed by atoms with van der Waals surface area (Å²) in [6, 6.07) is 10.9. The van der Waals surface area contributed by atoms with Crippen LogP contribution in [0.2, 0.25) is 0 Å². The largest absolute Gasteiger partial charge is 0.497 e. The van der Waals surface area contributed by atoms with Crippen LogP contribution in [0.3, 0.4) is 0 Å². The van der Waals surface area contributed by atoms with Crippen molar-refractivity contribution >= 4 is 29.2 Å². The van der Waals surface area contributed by atoms with E-state index in [2.05, 4.69) is 10.6 Å². The lowest BCUT2D eigenvalue weighted by Crippen LogP contribution is -2.42. The van der Waals surface area contributed by atoms with Gasteiger partial charge >= 0.3 is 6.03 Å². The summed E-state index contributed by atoms with van der Waals surface area (Å²) in [4.78, 5) is 38.6. The van der Waals surface area contributed by atoms with Crippen molar-refractivity contribution in [3.63, 3.8) is 0 Å². The van der Waals surface area contributed by atoms with Crippen LogP contribution in [-0.4, -0.2) is 43.5 Å². The van der Waals surface area contributed by atoms with Crippen LogP contribution < -0.4 is 25.8 Å². The number of carbonyl (C=O) groups is 3. The smallest absolute Gasteiger partial charge is 0.325 e. The van der Waals surface area contributed by atoms with E-state index in [1.54, 1.807) is 49.4 Å². The molecule has 0 aliphatic carbocycles. The van der Waals surface area contributed by atoms with E-state index in [1.807, 2.05) is 0 Å². The third-order valence-corrected chi connectivity index (χ3v) is 4.78. The second-order valence-corrected chi connectivity index (χ2v) is 6.68. The molecule has 4 amide bonds. The minimum Gasteiger partial charge on any atom is -0.497 e. The molecule has 0 aromatic heterocycles. The fourth-order valence-corrected chi connectivity index (χ4v) is 3.06. The third kappa shape index (κ3) is 3.79. The molecule has 1 aliphatic rings. The van der Waals surface area contributed by atoms with E-state index >= 15 is 0 Å². The Bertz CT molecular complexity index is 960. The second kappa shape index (κ2) is 7.70. The van der Waals surface area contributed by atoms with Crippen molar-refractivity contribution in [2.45, 2.75) is 12.5 Å². The van der Waals surface area contributed by atoms with E-state index < -0.39 is 29.9 Å². The number of ether oxygens (including phenoxy) is 2. The van der Waals surface area contributed by atoms with Crippen LogP contribution in [0.25, 0.3) is 0 Å². The fraction of sp³-hybridized carbons (Fsp3) is 0.250. The number of nitrogens with two attached hydrogens (primary N) is 1. The molecular formula is C20H22N4O5. The molecule has 2 aromatic rings. The Morgan fingerprint density at radius 3 is 2.34 bits per heavy atom. The van der Waals surface area contributed by atoms with Crippen LogP contribution in [0.1, 0.15) is 12.5 Å². The lowest BCUT2D eigenvalue weighted by molar-refractivity contribution is -0.133. The molecule has 0 radical (unpaired) electrons. The average Bonchev–Trinajstić information content (AvgIpc) is 2.93. The standard InChI is InChI=1S/C20H22N4O5/c1-20(12-4-6-13(28-2)7-5-12)18(26)24(19(27)23-20)11-17(25)22-16-10-14(29-3)8-9-15(16)21/h4-10H,11,21H2,1-3H3,(H,22,25)(H,23,27). The molecule has 29 heavy (non-hydrogen) atoms. The lowest BCUT2D eigenvalue weighted by Gasteiger charge is -2.22. The summed E-state index contributed by atoms with van der Waals surface area (Å²) in [6.45, 7) is 1.14. The lowest BCUT2D eigenvalue weighted by atomic mass is 9.92. The number of methoxy groups -OCH3 is 2. The van der Waals surface area contributed by atoms with Gasteiger partial charge in [-0.1, -0.05) is 12.1 Å². The van der Waals surface area contributed by atoms with Crippen molar-refractivity contribution in [3.8, 4) is 11.5 Å². The van der Waals surface area contributed by atoms with Gasteiger partial charge in [0.05, 0.1) is 25.6 Å². The van der Waals surface area contributed by atoms with Gasteiger partial charge in [-0.3, -0.25) is 14.5 Å². The topological polar surface area (TPSA) is 123 Å². The summed E-state index contributed by atoms with van der Waals surface area (Å²) >= 11 is 0. The SMILES string of the molecule is COc1ccc(C2(C)NC(=O)N(CC(=O)Nc3cc(OC)ccc3N)C2=O)cc1. The quantitative estimate of drug-likeness (QED) is 0.503. The summed E-state index contributed by atoms with van der Waals surface area (Å²) < 4.78 is 10.2. The van der Waals surface area contributed by atoms with Crippen LogP contribution in [0, 0.1) is 0 Å². The van der Waals surface area contributed by atoms with Crippen molar-refractivity contribution in [1.82, 2.24) is 10.2 Å². The number of urea groups is 1. The molecule has 2 aromatic carbocycles. The van der Waals surface area contributed by atoms with Crippen LogP contribution in [0.5, 0.6) is 11.5 Å². The predicted octanol–water partition coefficient (Wildman–Crippen LogP) is 1.69. The first kappa shape index (κ1) is 20.0. The van der Waals surface area contributed by atoms with Crippen LogP contribution in [0.15, 0.2) is 42.5 Å². The molecule has 4 N–H and O–H groups in total. The van der Waals surface area contributed by atoms with Gasteiger partial charge in [0.1, 0.15) is 23.6 Å². The van der Waals surface area contributed by atoms with E-state index in [4.69, 9.17) is 15.2 Å². The molecule has 9 heteroatoms. The summed E-state index contributed by atoms with van der Waals surface area (Å²) in [5.41, 5.74) is 5.82. The first-order valence-electron chi connectivity index (χ1n) is 8.80. The van der Waals surface area contributed by atoms with E-state index in [1.165, 1.54) is 14.2 Å². The number of hydrogen-bond acceptors (Lipinski definition) is 6. The number of nitrogens with one attached hydrogen (secondary N) is 2. The minimum atomic E-state index is -1.28. The van der Waals surface area contributed by atoms with E-state index in [0.717, 1.165) is 4.90 Å². The van der Waals surface area contributed by atoms with Crippen LogP contribution in [0.4, 0.5) is 16.2 Å². The molecular weight excluding hydrogens is 376 g/mol. The van der Waals surface area contributed by atoms with Crippen molar-refractivity contribution in [2.24, 2.45) is 0 Å². The maximum atomic E-state index is 12.9. The number of hydrogen-bond donors (Lipinski definition) is 3. The van der Waals surface area contributed by atoms with Crippen LogP contribution in [-0.2, 0) is 15.1 Å². The maximum absolute atomic E-state index is 12.9. The number of carbonyl (C=O) groups excluding carboxylic acids is 3. The minimum absolute atomic E-state index is 0.333. The average molecular weight is 398 g/mol. The first-order valence-corrected chi connectivity index (χ1v) is 8.80. The highest BCUT2D eigenvalue weighted by atomic mass is 16.5. The number of anilines is 2. The Kier molecular flexibility index (Phi) is 5.31. The van der Waals surface area contributed by atoms with Gasteiger partial charge in [0.2, 0.25) is 5.91 Å². The van der Waals surface area contributed by atoms with E-state index in [-0.39, 0.29) is 0 Å². The molecule has 152 valence electrons. The molecule has 0 spiro atoms. The zero-order chi connectivity index (χ0) is 21.2. The van der Waals surface area contributed by atoms with Gasteiger partial charge in [-0.15, -0.1) is 0 Å². The monoisotopic (exact) mass is 398 g/mol. The summed E-state index contributed by atoms with van der Waals surface area (Å²) in [5, 5.41) is 5.26. The van der Waals surface area contributed by atoms with Gasteiger partial charge in [0.25, 0.3) is 5.91 Å². The number of benzene rings is 2. The Morgan fingerprint density at radius 2 is 1.72 bits per heavy atom. The highest BCUT2D eigenvalue weighted by Crippen LogP contribution is 2.30. The van der Waals surface area contributed by atoms with Gasteiger partial charge in [-0.05, 0) is 36.8 Å². The molecule has 3 rings (SSSR count). The molecule has 1 aliphatic heterocycles. The molecule has 1 saturated heterocycles. The molecule has 1 fully saturated rings. The van der Waals surface area contributed by atoms with Gasteiger partial charge < -0.3 is 25.8 Å². The molecule has 1 atom stereocenters. The highest BCUT2D eigenvalue weighted by molar-refractivity contribution is 6.10. The number of rotatable bonds is 6. The highest BCUT2D eigenvalue weighted by Gasteiger charge is 2.49. The molecule has 1 unspecified atom stereocenters. The van der Waals surface area contributed by atoms with Crippen LogP contribution >= 0.6 is 0 Å². The van der Waals surface area contributed by atoms with Crippen molar-refractivity contribution < 1.29 is 23.9 Å². The normalized spacial score (nSPS) is 18.4. The maximum Gasteiger partial charge on any atom is 0.325 e. The summed E-state index contributed by atoms with van der Waals surface area (Å²) in [6.07, 6.45) is 0. The molecule has 9 nitrogen and oxygen atoms in total. The van der Waals surface area contributed by atoms with Gasteiger partial charge in [0, 0.05) is 6.07 Å². The third-order valence-electron chi connectivity index (χ3n) is 4.78. The summed E-state index contributed by atoms with van der Waals surface area (Å²) in [7, 11) is 3.03. The van der Waals surface area contributed by atoms with Gasteiger partial charge in [0.15, 0.2) is 0 Å². The zero-order valence-corrected chi connectivity index (χ0v) is 16.3. The van der Waals surface area contributed by atoms with Crippen molar-refractivity contribution in [2.75, 3.05) is 31.8 Å². The van der Waals surface area contributed by atoms with Crippen molar-refractivity contribution in [3.05, 3.63) is 48.0 Å². The Balaban J connectivity index is 1.75. The number of nitrogen functional groups attached to an aromatic ring is 1. The first-order chi connectivity index (χ1) is 13.8. The number of imide groups is 1. The predicted molar refractivity (Wildman–Crippen MR) is 107 cm³/mol. The zero-order valence-electron chi connectivity index (χ0n) is 16.3.